The molecule has 20 heavy (non-hydrogen) atoms. The minimum Gasteiger partial charge on any atom is -0.313 e. The van der Waals surface area contributed by atoms with Gasteiger partial charge in [0.1, 0.15) is 0 Å². The standard InChI is InChI=1S/C19H23N/c1-16-9-8-14-19(15-20-16,17-10-4-2-5-11-17)18-12-6-3-7-13-18/h2-7,10-13,16,20H,8-9,14-15H2,1H3/t16-/m0/s1. The lowest BCUT2D eigenvalue weighted by Crippen LogP contribution is -2.40. The summed E-state index contributed by atoms with van der Waals surface area (Å²) in [5, 5.41) is 3.73. The van der Waals surface area contributed by atoms with E-state index in [4.69, 9.17) is 0 Å². The molecule has 2 aromatic carbocycles. The van der Waals surface area contributed by atoms with Crippen molar-refractivity contribution in [3.05, 3.63) is 71.8 Å². The second-order valence-electron chi connectivity index (χ2n) is 5.99. The van der Waals surface area contributed by atoms with E-state index in [9.17, 15) is 0 Å². The average molecular weight is 265 g/mol. The lowest BCUT2D eigenvalue weighted by molar-refractivity contribution is 0.455. The van der Waals surface area contributed by atoms with E-state index < -0.39 is 0 Å². The highest BCUT2D eigenvalue weighted by Crippen LogP contribution is 2.38. The summed E-state index contributed by atoms with van der Waals surface area (Å²) in [7, 11) is 0. The van der Waals surface area contributed by atoms with Gasteiger partial charge in [0.05, 0.1) is 0 Å². The molecule has 1 saturated heterocycles. The normalized spacial score (nSPS) is 22.1. The predicted octanol–water partition coefficient (Wildman–Crippen LogP) is 4.13. The monoisotopic (exact) mass is 265 g/mol. The predicted molar refractivity (Wildman–Crippen MR) is 85.0 cm³/mol. The number of benzene rings is 2. The van der Waals surface area contributed by atoms with Gasteiger partial charge in [-0.15, -0.1) is 0 Å². The first kappa shape index (κ1) is 13.4. The summed E-state index contributed by atoms with van der Waals surface area (Å²) in [5.74, 6) is 0. The molecular weight excluding hydrogens is 242 g/mol. The summed E-state index contributed by atoms with van der Waals surface area (Å²) in [4.78, 5) is 0. The molecule has 1 aliphatic rings. The molecule has 1 nitrogen and oxygen atoms in total. The van der Waals surface area contributed by atoms with Crippen molar-refractivity contribution in [3.8, 4) is 0 Å². The molecule has 0 amide bonds. The summed E-state index contributed by atoms with van der Waals surface area (Å²) >= 11 is 0. The molecule has 0 unspecified atom stereocenters. The molecule has 1 atom stereocenters. The zero-order valence-corrected chi connectivity index (χ0v) is 12.2. The Kier molecular flexibility index (Phi) is 3.88. The van der Waals surface area contributed by atoms with Gasteiger partial charge < -0.3 is 5.32 Å². The smallest absolute Gasteiger partial charge is 0.0327 e. The minimum atomic E-state index is 0.118. The molecule has 0 bridgehead atoms. The van der Waals surface area contributed by atoms with E-state index >= 15 is 0 Å². The van der Waals surface area contributed by atoms with Gasteiger partial charge in [-0.2, -0.15) is 0 Å². The molecule has 3 rings (SSSR count). The fraction of sp³-hybridized carbons (Fsp3) is 0.368. The first-order chi connectivity index (χ1) is 9.81. The number of hydrogen-bond acceptors (Lipinski definition) is 1. The molecule has 1 fully saturated rings. The van der Waals surface area contributed by atoms with Gasteiger partial charge in [-0.3, -0.25) is 0 Å². The summed E-state index contributed by atoms with van der Waals surface area (Å²) < 4.78 is 0. The molecule has 0 spiro atoms. The van der Waals surface area contributed by atoms with Crippen molar-refractivity contribution in [2.45, 2.75) is 37.6 Å². The molecule has 0 radical (unpaired) electrons. The maximum absolute atomic E-state index is 3.73. The molecule has 104 valence electrons. The van der Waals surface area contributed by atoms with Crippen LogP contribution < -0.4 is 5.32 Å². The summed E-state index contributed by atoms with van der Waals surface area (Å²) in [5.41, 5.74) is 2.99. The van der Waals surface area contributed by atoms with Crippen LogP contribution in [0.4, 0.5) is 0 Å². The average Bonchev–Trinajstić information content (AvgIpc) is 2.72. The second-order valence-corrected chi connectivity index (χ2v) is 5.99. The first-order valence-corrected chi connectivity index (χ1v) is 7.66. The Labute approximate surface area is 122 Å². The van der Waals surface area contributed by atoms with Gasteiger partial charge in [-0.05, 0) is 30.9 Å². The number of hydrogen-bond donors (Lipinski definition) is 1. The molecular formula is C19H23N. The molecule has 0 saturated carbocycles. The van der Waals surface area contributed by atoms with Crippen molar-refractivity contribution in [2.75, 3.05) is 6.54 Å². The lowest BCUT2D eigenvalue weighted by Gasteiger charge is -2.34. The minimum absolute atomic E-state index is 0.118. The zero-order valence-electron chi connectivity index (χ0n) is 12.2. The van der Waals surface area contributed by atoms with Crippen LogP contribution in [0.1, 0.15) is 37.3 Å². The highest BCUT2D eigenvalue weighted by molar-refractivity contribution is 5.40. The maximum atomic E-state index is 3.73. The third-order valence-electron chi connectivity index (χ3n) is 4.65. The van der Waals surface area contributed by atoms with Crippen LogP contribution in [0.3, 0.4) is 0 Å². The fourth-order valence-corrected chi connectivity index (χ4v) is 3.42. The molecule has 1 heterocycles. The Morgan fingerprint density at radius 1 is 0.900 bits per heavy atom. The van der Waals surface area contributed by atoms with Gasteiger partial charge >= 0.3 is 0 Å². The van der Waals surface area contributed by atoms with Gasteiger partial charge in [-0.1, -0.05) is 67.1 Å². The van der Waals surface area contributed by atoms with Crippen LogP contribution in [-0.2, 0) is 5.41 Å². The van der Waals surface area contributed by atoms with Gasteiger partial charge in [0.25, 0.3) is 0 Å². The fourth-order valence-electron chi connectivity index (χ4n) is 3.42. The molecule has 1 N–H and O–H groups in total. The topological polar surface area (TPSA) is 12.0 Å². The Bertz CT molecular complexity index is 493. The van der Waals surface area contributed by atoms with E-state index in [1.807, 2.05) is 0 Å². The summed E-state index contributed by atoms with van der Waals surface area (Å²) in [6.07, 6.45) is 3.76. The number of nitrogens with one attached hydrogen (secondary N) is 1. The largest absolute Gasteiger partial charge is 0.313 e. The van der Waals surface area contributed by atoms with Crippen molar-refractivity contribution < 1.29 is 0 Å². The zero-order chi connectivity index (χ0) is 13.8. The van der Waals surface area contributed by atoms with Crippen LogP contribution in [0, 0.1) is 0 Å². The maximum Gasteiger partial charge on any atom is 0.0327 e. The summed E-state index contributed by atoms with van der Waals surface area (Å²) in [6, 6.07) is 22.6. The van der Waals surface area contributed by atoms with E-state index in [0.717, 1.165) is 6.54 Å². The van der Waals surface area contributed by atoms with E-state index in [1.165, 1.54) is 30.4 Å². The second kappa shape index (κ2) is 5.80. The SMILES string of the molecule is C[C@H]1CCCC(c2ccccc2)(c2ccccc2)CN1. The van der Waals surface area contributed by atoms with Crippen molar-refractivity contribution in [3.63, 3.8) is 0 Å². The van der Waals surface area contributed by atoms with E-state index in [0.29, 0.717) is 6.04 Å². The Balaban J connectivity index is 2.08. The van der Waals surface area contributed by atoms with Crippen LogP contribution >= 0.6 is 0 Å². The lowest BCUT2D eigenvalue weighted by atomic mass is 9.71. The molecule has 0 aliphatic carbocycles. The van der Waals surface area contributed by atoms with E-state index in [1.54, 1.807) is 0 Å². The summed E-state index contributed by atoms with van der Waals surface area (Å²) in [6.45, 7) is 3.33. The van der Waals surface area contributed by atoms with Crippen LogP contribution in [0.5, 0.6) is 0 Å². The molecule has 0 aromatic heterocycles. The van der Waals surface area contributed by atoms with Crippen molar-refractivity contribution in [1.29, 1.82) is 0 Å². The quantitative estimate of drug-likeness (QED) is 0.860. The number of rotatable bonds is 2. The van der Waals surface area contributed by atoms with Crippen LogP contribution in [0.25, 0.3) is 0 Å². The van der Waals surface area contributed by atoms with Gasteiger partial charge in [-0.25, -0.2) is 0 Å². The van der Waals surface area contributed by atoms with E-state index in [-0.39, 0.29) is 5.41 Å². The molecule has 1 aliphatic heterocycles. The Morgan fingerprint density at radius 3 is 2.00 bits per heavy atom. The Morgan fingerprint density at radius 2 is 1.45 bits per heavy atom. The van der Waals surface area contributed by atoms with Crippen LogP contribution in [0.2, 0.25) is 0 Å². The highest BCUT2D eigenvalue weighted by atomic mass is 14.9. The van der Waals surface area contributed by atoms with Gasteiger partial charge in [0.15, 0.2) is 0 Å². The van der Waals surface area contributed by atoms with Gasteiger partial charge in [0, 0.05) is 18.0 Å². The van der Waals surface area contributed by atoms with Crippen LogP contribution in [0.15, 0.2) is 60.7 Å². The third-order valence-corrected chi connectivity index (χ3v) is 4.65. The Hall–Kier alpha value is -1.60. The van der Waals surface area contributed by atoms with E-state index in [2.05, 4.69) is 72.9 Å². The highest BCUT2D eigenvalue weighted by Gasteiger charge is 2.35. The van der Waals surface area contributed by atoms with Crippen LogP contribution in [-0.4, -0.2) is 12.6 Å². The van der Waals surface area contributed by atoms with Crippen molar-refractivity contribution in [1.82, 2.24) is 5.32 Å². The molecule has 1 heteroatoms. The van der Waals surface area contributed by atoms with Crippen molar-refractivity contribution in [2.24, 2.45) is 0 Å². The molecule has 2 aromatic rings. The first-order valence-electron chi connectivity index (χ1n) is 7.66. The van der Waals surface area contributed by atoms with Gasteiger partial charge in [0.2, 0.25) is 0 Å². The third kappa shape index (κ3) is 2.51. The van der Waals surface area contributed by atoms with Crippen molar-refractivity contribution >= 4 is 0 Å².